The van der Waals surface area contributed by atoms with Crippen molar-refractivity contribution in [1.29, 1.82) is 0 Å². The van der Waals surface area contributed by atoms with Gasteiger partial charge in [-0.15, -0.1) is 24.8 Å². The smallest absolute Gasteiger partial charge is 0.409 e. The number of carbonyl (C=O) groups excluding carboxylic acids is 2. The average Bonchev–Trinajstić information content (AvgIpc) is 2.91. The van der Waals surface area contributed by atoms with Crippen molar-refractivity contribution in [3.05, 3.63) is 53.1 Å². The second-order valence-electron chi connectivity index (χ2n) is 8.64. The molecule has 1 saturated heterocycles. The van der Waals surface area contributed by atoms with Crippen molar-refractivity contribution >= 4 is 42.6 Å². The molecular weight excluding hydrogens is 521 g/mol. The molecule has 2 aromatic rings. The van der Waals surface area contributed by atoms with E-state index in [9.17, 15) is 14.7 Å². The second-order valence-corrected chi connectivity index (χ2v) is 8.64. The first-order valence-corrected chi connectivity index (χ1v) is 12.0. The lowest BCUT2D eigenvalue weighted by molar-refractivity contribution is 0.0865. The number of hydrogen-bond acceptors (Lipinski definition) is 8. The Hall–Kier alpha value is -2.79. The normalized spacial score (nSPS) is 17.4. The molecule has 4 rings (SSSR count). The fourth-order valence-electron chi connectivity index (χ4n) is 4.46. The SMILES string of the molecule is CCOc1nc(N2CCN(C(=O)OC)CC2)ccc1C(=O)NCC(O)C1Cc2ccccc2CN1.Cl.Cl. The number of methoxy groups -OCH3 is 1. The van der Waals surface area contributed by atoms with E-state index >= 15 is 0 Å². The molecule has 12 heteroatoms. The van der Waals surface area contributed by atoms with Gasteiger partial charge in [-0.3, -0.25) is 4.79 Å². The number of nitrogens with zero attached hydrogens (tertiary/aromatic N) is 3. The molecule has 2 atom stereocenters. The minimum absolute atomic E-state index is 0. The molecule has 2 unspecified atom stereocenters. The van der Waals surface area contributed by atoms with Crippen LogP contribution in [0.3, 0.4) is 0 Å². The Morgan fingerprint density at radius 1 is 1.14 bits per heavy atom. The summed E-state index contributed by atoms with van der Waals surface area (Å²) in [7, 11) is 1.37. The molecule has 1 fully saturated rings. The summed E-state index contributed by atoms with van der Waals surface area (Å²) in [6.07, 6.45) is -0.368. The van der Waals surface area contributed by atoms with Crippen LogP contribution in [0.5, 0.6) is 5.88 Å². The number of carbonyl (C=O) groups is 2. The van der Waals surface area contributed by atoms with Gasteiger partial charge >= 0.3 is 6.09 Å². The lowest BCUT2D eigenvalue weighted by Crippen LogP contribution is -2.49. The predicted octanol–water partition coefficient (Wildman–Crippen LogP) is 2.02. The fraction of sp³-hybridized carbons (Fsp3) is 0.480. The van der Waals surface area contributed by atoms with Gasteiger partial charge in [0.15, 0.2) is 0 Å². The van der Waals surface area contributed by atoms with E-state index in [1.807, 2.05) is 24.0 Å². The zero-order chi connectivity index (χ0) is 24.8. The summed E-state index contributed by atoms with van der Waals surface area (Å²) in [5.74, 6) is 0.579. The number of pyridine rings is 1. The molecule has 2 amide bonds. The van der Waals surface area contributed by atoms with Gasteiger partial charge in [-0.1, -0.05) is 24.3 Å². The summed E-state index contributed by atoms with van der Waals surface area (Å²) in [6, 6.07) is 11.5. The molecule has 1 aromatic carbocycles. The maximum absolute atomic E-state index is 12.9. The highest BCUT2D eigenvalue weighted by Crippen LogP contribution is 2.23. The van der Waals surface area contributed by atoms with Crippen molar-refractivity contribution in [3.63, 3.8) is 0 Å². The molecule has 37 heavy (non-hydrogen) atoms. The van der Waals surface area contributed by atoms with Crippen LogP contribution in [0.25, 0.3) is 0 Å². The van der Waals surface area contributed by atoms with Gasteiger partial charge < -0.3 is 35.0 Å². The maximum Gasteiger partial charge on any atom is 0.409 e. The molecule has 0 saturated carbocycles. The van der Waals surface area contributed by atoms with Gasteiger partial charge in [0, 0.05) is 45.3 Å². The number of halogens is 2. The first-order valence-electron chi connectivity index (χ1n) is 12.0. The third kappa shape index (κ3) is 7.38. The van der Waals surface area contributed by atoms with E-state index in [4.69, 9.17) is 9.47 Å². The summed E-state index contributed by atoms with van der Waals surface area (Å²) in [5.41, 5.74) is 2.77. The lowest BCUT2D eigenvalue weighted by Gasteiger charge is -2.34. The number of piperazine rings is 1. The Morgan fingerprint density at radius 2 is 1.84 bits per heavy atom. The third-order valence-corrected chi connectivity index (χ3v) is 6.46. The van der Waals surface area contributed by atoms with Crippen LogP contribution in [0.2, 0.25) is 0 Å². The van der Waals surface area contributed by atoms with E-state index in [-0.39, 0.29) is 55.3 Å². The monoisotopic (exact) mass is 555 g/mol. The van der Waals surface area contributed by atoms with E-state index in [0.29, 0.717) is 57.1 Å². The molecule has 0 aliphatic carbocycles. The largest absolute Gasteiger partial charge is 0.477 e. The molecule has 2 aliphatic heterocycles. The first-order chi connectivity index (χ1) is 17.0. The Kier molecular flexibility index (Phi) is 11.7. The van der Waals surface area contributed by atoms with Crippen LogP contribution in [0.1, 0.15) is 28.4 Å². The van der Waals surface area contributed by atoms with Crippen molar-refractivity contribution in [1.82, 2.24) is 20.5 Å². The number of aliphatic hydroxyl groups is 1. The number of aliphatic hydroxyl groups excluding tert-OH is 1. The van der Waals surface area contributed by atoms with Gasteiger partial charge in [0.25, 0.3) is 5.91 Å². The molecule has 3 N–H and O–H groups in total. The number of amides is 2. The number of ether oxygens (including phenoxy) is 2. The molecule has 0 spiro atoms. The minimum Gasteiger partial charge on any atom is -0.477 e. The summed E-state index contributed by atoms with van der Waals surface area (Å²) >= 11 is 0. The van der Waals surface area contributed by atoms with E-state index < -0.39 is 6.10 Å². The minimum atomic E-state index is -0.735. The standard InChI is InChI=1S/C25H33N5O5.2ClH/c1-3-35-24-19(8-9-22(28-24)29-10-12-30(13-11-29)25(33)34-2)23(32)27-16-21(31)20-14-17-6-4-5-7-18(17)15-26-20;;/h4-9,20-21,26,31H,3,10-16H2,1-2H3,(H,27,32);2*1H. The van der Waals surface area contributed by atoms with Gasteiger partial charge in [0.2, 0.25) is 5.88 Å². The van der Waals surface area contributed by atoms with Crippen molar-refractivity contribution < 1.29 is 24.2 Å². The Morgan fingerprint density at radius 3 is 2.51 bits per heavy atom. The van der Waals surface area contributed by atoms with Crippen molar-refractivity contribution in [3.8, 4) is 5.88 Å². The van der Waals surface area contributed by atoms with Crippen LogP contribution in [0, 0.1) is 0 Å². The topological polar surface area (TPSA) is 116 Å². The van der Waals surface area contributed by atoms with Crippen molar-refractivity contribution in [2.45, 2.75) is 32.0 Å². The Bertz CT molecular complexity index is 1050. The summed E-state index contributed by atoms with van der Waals surface area (Å²) in [4.78, 5) is 32.9. The number of nitrogens with one attached hydrogen (secondary N) is 2. The maximum atomic E-state index is 12.9. The molecule has 10 nitrogen and oxygen atoms in total. The van der Waals surface area contributed by atoms with Crippen LogP contribution in [0.15, 0.2) is 36.4 Å². The van der Waals surface area contributed by atoms with Gasteiger partial charge in [-0.05, 0) is 36.6 Å². The summed E-state index contributed by atoms with van der Waals surface area (Å²) in [6.45, 7) is 5.26. The van der Waals surface area contributed by atoms with Crippen LogP contribution in [0.4, 0.5) is 10.6 Å². The highest BCUT2D eigenvalue weighted by Gasteiger charge is 2.26. The first kappa shape index (κ1) is 30.4. The van der Waals surface area contributed by atoms with E-state index in [2.05, 4.69) is 27.8 Å². The Balaban J connectivity index is 0.00000241. The van der Waals surface area contributed by atoms with Crippen LogP contribution in [-0.2, 0) is 17.7 Å². The molecule has 0 radical (unpaired) electrons. The highest BCUT2D eigenvalue weighted by atomic mass is 35.5. The molecular formula is C25H35Cl2N5O5. The van der Waals surface area contributed by atoms with Crippen LogP contribution >= 0.6 is 24.8 Å². The average molecular weight is 556 g/mol. The zero-order valence-corrected chi connectivity index (χ0v) is 22.6. The molecule has 3 heterocycles. The van der Waals surface area contributed by atoms with Crippen LogP contribution < -0.4 is 20.3 Å². The number of aromatic nitrogens is 1. The summed E-state index contributed by atoms with van der Waals surface area (Å²) < 4.78 is 10.5. The third-order valence-electron chi connectivity index (χ3n) is 6.46. The Labute approximate surface area is 229 Å². The van der Waals surface area contributed by atoms with E-state index in [1.54, 1.807) is 17.0 Å². The quantitative estimate of drug-likeness (QED) is 0.475. The summed E-state index contributed by atoms with van der Waals surface area (Å²) in [5, 5.41) is 16.9. The number of fused-ring (bicyclic) bond motifs is 1. The van der Waals surface area contributed by atoms with Crippen molar-refractivity contribution in [2.24, 2.45) is 0 Å². The molecule has 204 valence electrons. The van der Waals surface area contributed by atoms with Gasteiger partial charge in [-0.25, -0.2) is 4.79 Å². The van der Waals surface area contributed by atoms with Gasteiger partial charge in [-0.2, -0.15) is 4.98 Å². The number of benzene rings is 1. The van der Waals surface area contributed by atoms with Crippen molar-refractivity contribution in [2.75, 3.05) is 51.3 Å². The number of anilines is 1. The molecule has 1 aromatic heterocycles. The predicted molar refractivity (Wildman–Crippen MR) is 145 cm³/mol. The zero-order valence-electron chi connectivity index (χ0n) is 21.0. The van der Waals surface area contributed by atoms with Crippen LogP contribution in [-0.4, -0.2) is 85.6 Å². The highest BCUT2D eigenvalue weighted by molar-refractivity contribution is 5.96. The second kappa shape index (κ2) is 14.2. The van der Waals surface area contributed by atoms with E-state index in [1.165, 1.54) is 18.2 Å². The van der Waals surface area contributed by atoms with E-state index in [0.717, 1.165) is 0 Å². The molecule has 0 bridgehead atoms. The van der Waals surface area contributed by atoms with Gasteiger partial charge in [0.1, 0.15) is 11.4 Å². The fourth-order valence-corrected chi connectivity index (χ4v) is 4.46. The van der Waals surface area contributed by atoms with Gasteiger partial charge in [0.05, 0.1) is 19.8 Å². The number of rotatable bonds is 7. The lowest BCUT2D eigenvalue weighted by atomic mass is 9.93. The number of hydrogen-bond donors (Lipinski definition) is 3. The molecule has 2 aliphatic rings.